The van der Waals surface area contributed by atoms with E-state index in [-0.39, 0.29) is 25.8 Å². The largest absolute Gasteiger partial charge is 0.337 e. The number of carbonyl (C=O) groups is 3. The molecule has 4 aliphatic heterocycles. The number of carbonyl (C=O) groups excluding carboxylic acids is 3. The number of rotatable bonds is 5. The highest BCUT2D eigenvalue weighted by Crippen LogP contribution is 2.24. The van der Waals surface area contributed by atoms with Crippen LogP contribution in [0.5, 0.6) is 0 Å². The Morgan fingerprint density at radius 2 is 1.25 bits per heavy atom. The van der Waals surface area contributed by atoms with Crippen molar-refractivity contribution in [2.24, 2.45) is 0 Å². The molecule has 2 aromatic rings. The van der Waals surface area contributed by atoms with Crippen LogP contribution in [-0.2, 0) is 17.6 Å². The first-order chi connectivity index (χ1) is 19.0. The van der Waals surface area contributed by atoms with Crippen LogP contribution in [0, 0.1) is 0 Å². The molecule has 0 aliphatic carbocycles. The SMILES string of the molecule is C.C1CCNC1.O=C1c2ccc(Br)cc2CCN1CCN1CCCC1.O=CCN1CCc2cc(Br)ccc2C1=O. The topological polar surface area (TPSA) is 73.0 Å². The summed E-state index contributed by atoms with van der Waals surface area (Å²) in [6.45, 7) is 8.47. The van der Waals surface area contributed by atoms with Crippen molar-refractivity contribution in [3.8, 4) is 0 Å². The normalized spacial score (nSPS) is 18.1. The third-order valence-electron chi connectivity index (χ3n) is 7.61. The Bertz CT molecular complexity index is 1140. The number of fused-ring (bicyclic) bond motifs is 2. The molecular formula is C31H42Br2N4O3. The van der Waals surface area contributed by atoms with Gasteiger partial charge < -0.3 is 24.8 Å². The van der Waals surface area contributed by atoms with Crippen molar-refractivity contribution in [3.63, 3.8) is 0 Å². The zero-order valence-electron chi connectivity index (χ0n) is 22.5. The van der Waals surface area contributed by atoms with Crippen molar-refractivity contribution in [1.82, 2.24) is 20.0 Å². The number of nitrogens with zero attached hydrogens (tertiary/aromatic N) is 3. The van der Waals surface area contributed by atoms with Gasteiger partial charge in [-0.25, -0.2) is 0 Å². The van der Waals surface area contributed by atoms with Crippen molar-refractivity contribution in [2.45, 2.75) is 46.0 Å². The van der Waals surface area contributed by atoms with Gasteiger partial charge in [-0.2, -0.15) is 0 Å². The summed E-state index contributed by atoms with van der Waals surface area (Å²) in [6.07, 6.45) is 7.95. The predicted molar refractivity (Wildman–Crippen MR) is 168 cm³/mol. The summed E-state index contributed by atoms with van der Waals surface area (Å²) in [5, 5.41) is 3.22. The Labute approximate surface area is 255 Å². The van der Waals surface area contributed by atoms with E-state index in [1.165, 1.54) is 57.4 Å². The molecule has 0 saturated carbocycles. The first-order valence-corrected chi connectivity index (χ1v) is 15.6. The molecule has 1 N–H and O–H groups in total. The van der Waals surface area contributed by atoms with E-state index in [1.807, 2.05) is 29.2 Å². The van der Waals surface area contributed by atoms with Crippen LogP contribution in [-0.4, -0.2) is 91.7 Å². The second-order valence-electron chi connectivity index (χ2n) is 10.3. The highest BCUT2D eigenvalue weighted by Gasteiger charge is 2.25. The first kappa shape index (κ1) is 32.4. The van der Waals surface area contributed by atoms with Gasteiger partial charge in [0.2, 0.25) is 0 Å². The molecule has 2 amide bonds. The zero-order chi connectivity index (χ0) is 27.6. The van der Waals surface area contributed by atoms with Crippen molar-refractivity contribution in [3.05, 3.63) is 67.6 Å². The molecule has 218 valence electrons. The minimum atomic E-state index is -0.0455. The summed E-state index contributed by atoms with van der Waals surface area (Å²) < 4.78 is 2.04. The molecule has 0 unspecified atom stereocenters. The molecule has 7 nitrogen and oxygen atoms in total. The van der Waals surface area contributed by atoms with Crippen molar-refractivity contribution in [1.29, 1.82) is 0 Å². The maximum atomic E-state index is 12.4. The molecule has 2 fully saturated rings. The van der Waals surface area contributed by atoms with Gasteiger partial charge in [0.05, 0.1) is 6.54 Å². The molecule has 2 saturated heterocycles. The Balaban J connectivity index is 0.000000187. The highest BCUT2D eigenvalue weighted by molar-refractivity contribution is 9.10. The Morgan fingerprint density at radius 1 is 0.725 bits per heavy atom. The van der Waals surface area contributed by atoms with E-state index in [0.717, 1.165) is 58.8 Å². The van der Waals surface area contributed by atoms with Gasteiger partial charge in [-0.05, 0) is 112 Å². The fourth-order valence-electron chi connectivity index (χ4n) is 5.38. The lowest BCUT2D eigenvalue weighted by Gasteiger charge is -2.30. The number of amides is 2. The molecule has 4 heterocycles. The molecule has 40 heavy (non-hydrogen) atoms. The van der Waals surface area contributed by atoms with Crippen LogP contribution in [0.3, 0.4) is 0 Å². The molecule has 0 bridgehead atoms. The Morgan fingerprint density at radius 3 is 1.75 bits per heavy atom. The quantitative estimate of drug-likeness (QED) is 0.441. The molecule has 2 aromatic carbocycles. The van der Waals surface area contributed by atoms with E-state index < -0.39 is 0 Å². The lowest BCUT2D eigenvalue weighted by molar-refractivity contribution is -0.108. The van der Waals surface area contributed by atoms with Gasteiger partial charge in [0, 0.05) is 46.3 Å². The standard InChI is InChI=1S/C15H19BrN2O.C11H10BrNO2.C4H9N.CH4/c16-13-3-4-14-12(11-13)5-8-18(15(14)19)10-9-17-6-1-2-7-17;12-9-1-2-10-8(7-9)3-4-13(5-6-14)11(10)15;1-2-4-5-3-1;/h3-4,11H,1-2,5-10H2;1-2,6-7H,3-5H2;5H,1-4H2;1H4. The summed E-state index contributed by atoms with van der Waals surface area (Å²) in [6, 6.07) is 11.6. The second kappa shape index (κ2) is 16.4. The average Bonchev–Trinajstić information content (AvgIpc) is 3.68. The minimum Gasteiger partial charge on any atom is -0.337 e. The lowest BCUT2D eigenvalue weighted by atomic mass is 9.99. The maximum Gasteiger partial charge on any atom is 0.254 e. The first-order valence-electron chi connectivity index (χ1n) is 14.0. The molecular weight excluding hydrogens is 636 g/mol. The van der Waals surface area contributed by atoms with Crippen LogP contribution < -0.4 is 5.32 Å². The molecule has 0 spiro atoms. The summed E-state index contributed by atoms with van der Waals surface area (Å²) in [4.78, 5) is 40.7. The van der Waals surface area contributed by atoms with Gasteiger partial charge in [-0.3, -0.25) is 9.59 Å². The van der Waals surface area contributed by atoms with Crippen molar-refractivity contribution < 1.29 is 14.4 Å². The zero-order valence-corrected chi connectivity index (χ0v) is 25.6. The van der Waals surface area contributed by atoms with E-state index in [4.69, 9.17) is 0 Å². The third-order valence-corrected chi connectivity index (χ3v) is 8.60. The fourth-order valence-corrected chi connectivity index (χ4v) is 6.20. The summed E-state index contributed by atoms with van der Waals surface area (Å²) >= 11 is 6.84. The van der Waals surface area contributed by atoms with Crippen LogP contribution in [0.25, 0.3) is 0 Å². The van der Waals surface area contributed by atoms with Crippen LogP contribution in [0.2, 0.25) is 0 Å². The predicted octanol–water partition coefficient (Wildman–Crippen LogP) is 5.20. The van der Waals surface area contributed by atoms with Gasteiger partial charge in [0.25, 0.3) is 11.8 Å². The van der Waals surface area contributed by atoms with E-state index in [9.17, 15) is 14.4 Å². The summed E-state index contributed by atoms with van der Waals surface area (Å²) in [5.41, 5.74) is 3.83. The Kier molecular flexibility index (Phi) is 13.3. The highest BCUT2D eigenvalue weighted by atomic mass is 79.9. The maximum absolute atomic E-state index is 12.4. The van der Waals surface area contributed by atoms with Gasteiger partial charge in [0.15, 0.2) is 0 Å². The lowest BCUT2D eigenvalue weighted by Crippen LogP contribution is -2.42. The van der Waals surface area contributed by atoms with Gasteiger partial charge in [-0.15, -0.1) is 0 Å². The van der Waals surface area contributed by atoms with Gasteiger partial charge in [0.1, 0.15) is 6.29 Å². The van der Waals surface area contributed by atoms with Crippen LogP contribution in [0.1, 0.15) is 65.0 Å². The monoisotopic (exact) mass is 676 g/mol. The molecule has 0 radical (unpaired) electrons. The van der Waals surface area contributed by atoms with Gasteiger partial charge >= 0.3 is 0 Å². The minimum absolute atomic E-state index is 0. The number of hydrogen-bond acceptors (Lipinski definition) is 5. The number of likely N-dealkylation sites (tertiary alicyclic amines) is 1. The molecule has 0 atom stereocenters. The smallest absolute Gasteiger partial charge is 0.254 e. The van der Waals surface area contributed by atoms with Gasteiger partial charge in [-0.1, -0.05) is 39.3 Å². The number of nitrogens with one attached hydrogen (secondary N) is 1. The summed E-state index contributed by atoms with van der Waals surface area (Å²) in [7, 11) is 0. The van der Waals surface area contributed by atoms with Crippen LogP contribution in [0.15, 0.2) is 45.3 Å². The number of benzene rings is 2. The van der Waals surface area contributed by atoms with Crippen molar-refractivity contribution >= 4 is 50.0 Å². The number of hydrogen-bond donors (Lipinski definition) is 1. The van der Waals surface area contributed by atoms with Crippen LogP contribution in [0.4, 0.5) is 0 Å². The third kappa shape index (κ3) is 8.96. The van der Waals surface area contributed by atoms with E-state index >= 15 is 0 Å². The molecule has 9 heteroatoms. The number of aldehydes is 1. The Hall–Kier alpha value is -2.07. The fraction of sp³-hybridized carbons (Fsp3) is 0.516. The molecule has 0 aromatic heterocycles. The van der Waals surface area contributed by atoms with Crippen LogP contribution >= 0.6 is 31.9 Å². The van der Waals surface area contributed by atoms with Crippen molar-refractivity contribution in [2.75, 3.05) is 58.9 Å². The summed E-state index contributed by atoms with van der Waals surface area (Å²) in [5.74, 6) is 0.156. The molecule has 4 aliphatic rings. The van der Waals surface area contributed by atoms with E-state index in [0.29, 0.717) is 12.1 Å². The average molecular weight is 679 g/mol. The van der Waals surface area contributed by atoms with E-state index in [2.05, 4.69) is 48.1 Å². The molecule has 6 rings (SSSR count). The number of halogens is 2. The second-order valence-corrected chi connectivity index (χ2v) is 12.2. The van der Waals surface area contributed by atoms with E-state index in [1.54, 1.807) is 11.0 Å².